The van der Waals surface area contributed by atoms with E-state index in [4.69, 9.17) is 4.74 Å². The van der Waals surface area contributed by atoms with Crippen LogP contribution in [0.15, 0.2) is 24.3 Å². The minimum Gasteiger partial charge on any atom is -0.493 e. The molecule has 2 fully saturated rings. The fourth-order valence-corrected chi connectivity index (χ4v) is 4.33. The minimum absolute atomic E-state index is 0.0378. The molecule has 0 aliphatic carbocycles. The molecule has 0 aromatic heterocycles. The highest BCUT2D eigenvalue weighted by Gasteiger charge is 2.55. The maximum absolute atomic E-state index is 9.84. The van der Waals surface area contributed by atoms with Gasteiger partial charge in [-0.3, -0.25) is 4.90 Å². The van der Waals surface area contributed by atoms with E-state index in [1.165, 1.54) is 12.0 Å². The Bertz CT molecular complexity index is 476. The van der Waals surface area contributed by atoms with Gasteiger partial charge in [-0.15, -0.1) is 0 Å². The molecule has 3 atom stereocenters. The van der Waals surface area contributed by atoms with Crippen LogP contribution in [0.4, 0.5) is 0 Å². The van der Waals surface area contributed by atoms with Crippen LogP contribution in [0.2, 0.25) is 0 Å². The van der Waals surface area contributed by atoms with Gasteiger partial charge in [0.25, 0.3) is 0 Å². The van der Waals surface area contributed by atoms with Crippen molar-refractivity contribution < 1.29 is 9.84 Å². The van der Waals surface area contributed by atoms with Crippen LogP contribution in [-0.2, 0) is 0 Å². The first-order chi connectivity index (χ1) is 9.84. The van der Waals surface area contributed by atoms with Crippen molar-refractivity contribution in [1.29, 1.82) is 0 Å². The number of rotatable bonds is 1. The van der Waals surface area contributed by atoms with Gasteiger partial charge in [-0.05, 0) is 31.9 Å². The second-order valence-corrected chi connectivity index (χ2v) is 5.94. The third-order valence-corrected chi connectivity index (χ3v) is 5.06. The van der Waals surface area contributed by atoms with E-state index in [0.717, 1.165) is 31.7 Å². The molecule has 3 aliphatic rings. The summed E-state index contributed by atoms with van der Waals surface area (Å²) in [6.07, 6.45) is 3.44. The van der Waals surface area contributed by atoms with Gasteiger partial charge in [-0.2, -0.15) is 0 Å². The van der Waals surface area contributed by atoms with Gasteiger partial charge in [-0.1, -0.05) is 32.0 Å². The van der Waals surface area contributed by atoms with E-state index < -0.39 is 0 Å². The fraction of sp³-hybridized carbons (Fsp3) is 0.647. The highest BCUT2D eigenvalue weighted by Crippen LogP contribution is 2.54. The Labute approximate surface area is 121 Å². The monoisotopic (exact) mass is 275 g/mol. The van der Waals surface area contributed by atoms with E-state index in [0.29, 0.717) is 18.6 Å². The number of nitrogens with zero attached hydrogens (tertiary/aromatic N) is 1. The summed E-state index contributed by atoms with van der Waals surface area (Å²) in [5, 5.41) is 9.84. The molecule has 0 bridgehead atoms. The van der Waals surface area contributed by atoms with Gasteiger partial charge in [0.1, 0.15) is 5.75 Å². The van der Waals surface area contributed by atoms with Gasteiger partial charge < -0.3 is 9.84 Å². The van der Waals surface area contributed by atoms with Gasteiger partial charge in [-0.25, -0.2) is 0 Å². The molecule has 3 heteroatoms. The number of benzene rings is 1. The fourth-order valence-electron chi connectivity index (χ4n) is 4.33. The molecule has 0 spiro atoms. The highest BCUT2D eigenvalue weighted by molar-refractivity contribution is 5.40. The first-order valence-electron chi connectivity index (χ1n) is 7.93. The molecule has 3 aliphatic heterocycles. The molecular formula is C17H25NO2. The summed E-state index contributed by atoms with van der Waals surface area (Å²) < 4.78 is 5.88. The number of hydrogen-bond acceptors (Lipinski definition) is 3. The molecule has 4 rings (SSSR count). The molecule has 110 valence electrons. The summed E-state index contributed by atoms with van der Waals surface area (Å²) in [6.45, 7) is 6.22. The summed E-state index contributed by atoms with van der Waals surface area (Å²) >= 11 is 0. The standard InChI is InChI=1S/C15H19NO2.C2H6/c17-10-15-6-3-7-16(15)14-11(8-15)9-18-13-5-2-1-4-12(13)14;1-2/h1-2,4-5,11,14,17H,3,6-10H2;1-2H3/t11-,14?,15?;/m0./s1. The van der Waals surface area contributed by atoms with Crippen LogP contribution in [0.3, 0.4) is 0 Å². The van der Waals surface area contributed by atoms with E-state index >= 15 is 0 Å². The van der Waals surface area contributed by atoms with Gasteiger partial charge in [0.15, 0.2) is 0 Å². The summed E-state index contributed by atoms with van der Waals surface area (Å²) in [6, 6.07) is 8.86. The first kappa shape index (κ1) is 13.9. The molecule has 0 saturated carbocycles. The zero-order valence-electron chi connectivity index (χ0n) is 12.5. The molecule has 1 aromatic carbocycles. The lowest BCUT2D eigenvalue weighted by atomic mass is 9.86. The molecule has 2 unspecified atom stereocenters. The van der Waals surface area contributed by atoms with Crippen molar-refractivity contribution in [2.24, 2.45) is 5.92 Å². The van der Waals surface area contributed by atoms with Crippen molar-refractivity contribution in [3.05, 3.63) is 29.8 Å². The van der Waals surface area contributed by atoms with E-state index in [2.05, 4.69) is 23.1 Å². The quantitative estimate of drug-likeness (QED) is 0.855. The number of hydrogen-bond donors (Lipinski definition) is 1. The Morgan fingerprint density at radius 3 is 2.95 bits per heavy atom. The van der Waals surface area contributed by atoms with Crippen molar-refractivity contribution in [1.82, 2.24) is 4.90 Å². The largest absolute Gasteiger partial charge is 0.493 e. The third kappa shape index (κ3) is 1.87. The number of fused-ring (bicyclic) bond motifs is 5. The maximum Gasteiger partial charge on any atom is 0.124 e. The van der Waals surface area contributed by atoms with Crippen LogP contribution in [-0.4, -0.2) is 35.3 Å². The average Bonchev–Trinajstić information content (AvgIpc) is 3.05. The predicted molar refractivity (Wildman–Crippen MR) is 79.9 cm³/mol. The van der Waals surface area contributed by atoms with E-state index in [1.54, 1.807) is 0 Å². The number of aliphatic hydroxyl groups is 1. The van der Waals surface area contributed by atoms with Gasteiger partial charge in [0.2, 0.25) is 0 Å². The van der Waals surface area contributed by atoms with Gasteiger partial charge >= 0.3 is 0 Å². The average molecular weight is 275 g/mol. The normalized spacial score (nSPS) is 34.4. The summed E-state index contributed by atoms with van der Waals surface area (Å²) in [5.74, 6) is 1.59. The smallest absolute Gasteiger partial charge is 0.124 e. The van der Waals surface area contributed by atoms with Gasteiger partial charge in [0.05, 0.1) is 13.2 Å². The topological polar surface area (TPSA) is 32.7 Å². The minimum atomic E-state index is 0.0378. The molecule has 2 saturated heterocycles. The van der Waals surface area contributed by atoms with Crippen molar-refractivity contribution >= 4 is 0 Å². The lowest BCUT2D eigenvalue weighted by Gasteiger charge is -2.36. The van der Waals surface area contributed by atoms with E-state index in [9.17, 15) is 5.11 Å². The van der Waals surface area contributed by atoms with Crippen LogP contribution in [0, 0.1) is 5.92 Å². The Balaban J connectivity index is 0.000000581. The molecular weight excluding hydrogens is 250 g/mol. The second kappa shape index (κ2) is 5.38. The Morgan fingerprint density at radius 2 is 2.15 bits per heavy atom. The van der Waals surface area contributed by atoms with Crippen molar-refractivity contribution in [3.63, 3.8) is 0 Å². The summed E-state index contributed by atoms with van der Waals surface area (Å²) in [5.41, 5.74) is 1.36. The van der Waals surface area contributed by atoms with Crippen LogP contribution in [0.1, 0.15) is 44.7 Å². The molecule has 0 radical (unpaired) electrons. The van der Waals surface area contributed by atoms with Crippen LogP contribution < -0.4 is 4.74 Å². The van der Waals surface area contributed by atoms with E-state index in [1.807, 2.05) is 19.9 Å². The first-order valence-corrected chi connectivity index (χ1v) is 7.93. The highest BCUT2D eigenvalue weighted by atomic mass is 16.5. The number of ether oxygens (including phenoxy) is 1. The molecule has 1 N–H and O–H groups in total. The number of aliphatic hydroxyl groups excluding tert-OH is 1. The Morgan fingerprint density at radius 1 is 1.35 bits per heavy atom. The SMILES string of the molecule is CC.OCC12CCCN1C1c3ccccc3OC[C@@H]1C2. The molecule has 3 heterocycles. The summed E-state index contributed by atoms with van der Waals surface area (Å²) in [4.78, 5) is 2.55. The van der Waals surface area contributed by atoms with Crippen molar-refractivity contribution in [2.45, 2.75) is 44.7 Å². The predicted octanol–water partition coefficient (Wildman–Crippen LogP) is 2.99. The Kier molecular flexibility index (Phi) is 3.74. The molecule has 3 nitrogen and oxygen atoms in total. The molecule has 0 amide bonds. The van der Waals surface area contributed by atoms with Crippen LogP contribution in [0.25, 0.3) is 0 Å². The molecule has 1 aromatic rings. The maximum atomic E-state index is 9.84. The number of para-hydroxylation sites is 1. The van der Waals surface area contributed by atoms with Crippen LogP contribution >= 0.6 is 0 Å². The van der Waals surface area contributed by atoms with Crippen molar-refractivity contribution in [2.75, 3.05) is 19.8 Å². The third-order valence-electron chi connectivity index (χ3n) is 5.06. The van der Waals surface area contributed by atoms with Gasteiger partial charge in [0, 0.05) is 23.1 Å². The molecule has 20 heavy (non-hydrogen) atoms. The van der Waals surface area contributed by atoms with E-state index in [-0.39, 0.29) is 5.54 Å². The van der Waals surface area contributed by atoms with Crippen molar-refractivity contribution in [3.8, 4) is 5.75 Å². The van der Waals surface area contributed by atoms with Crippen LogP contribution in [0.5, 0.6) is 5.75 Å². The lowest BCUT2D eigenvalue weighted by Crippen LogP contribution is -2.42. The second-order valence-electron chi connectivity index (χ2n) is 5.94. The zero-order chi connectivity index (χ0) is 14.2. The zero-order valence-corrected chi connectivity index (χ0v) is 12.5. The summed E-state index contributed by atoms with van der Waals surface area (Å²) in [7, 11) is 0. The Hall–Kier alpha value is -1.06. The lowest BCUT2D eigenvalue weighted by molar-refractivity contribution is 0.0720.